The number of halogens is 2. The summed E-state index contributed by atoms with van der Waals surface area (Å²) in [4.78, 5) is 21.2. The van der Waals surface area contributed by atoms with Crippen LogP contribution in [0.15, 0.2) is 55.0 Å². The molecule has 1 aromatic heterocycles. The molecule has 1 amide bonds. The molecule has 0 atom stereocenters. The smallest absolute Gasteiger partial charge is 0.218 e. The molecule has 0 aliphatic carbocycles. The van der Waals surface area contributed by atoms with Crippen molar-refractivity contribution in [3.05, 3.63) is 71.4 Å². The number of rotatable bonds is 7. The summed E-state index contributed by atoms with van der Waals surface area (Å²) < 4.78 is 14.8. The highest BCUT2D eigenvalue weighted by molar-refractivity contribution is 6.34. The largest absolute Gasteiger partial charge is 0.507 e. The summed E-state index contributed by atoms with van der Waals surface area (Å²) in [5, 5.41) is 24.4. The molecule has 1 fully saturated rings. The second-order valence-corrected chi connectivity index (χ2v) is 9.14. The molecule has 0 radical (unpaired) electrons. The number of hydrogen-bond acceptors (Lipinski definition) is 7. The van der Waals surface area contributed by atoms with Gasteiger partial charge in [0.15, 0.2) is 0 Å². The summed E-state index contributed by atoms with van der Waals surface area (Å²) in [7, 11) is 3.57. The second kappa shape index (κ2) is 11.3. The lowest BCUT2D eigenvalue weighted by molar-refractivity contribution is -0.107. The number of piperazine rings is 1. The summed E-state index contributed by atoms with van der Waals surface area (Å²) in [5.41, 5.74) is 1.67. The van der Waals surface area contributed by atoms with Gasteiger partial charge in [0.1, 0.15) is 23.5 Å². The number of benzene rings is 2. The van der Waals surface area contributed by atoms with Crippen LogP contribution in [0.3, 0.4) is 0 Å². The number of anilines is 2. The first-order valence-electron chi connectivity index (χ1n) is 11.6. The molecule has 0 bridgehead atoms. The van der Waals surface area contributed by atoms with Gasteiger partial charge in [0.2, 0.25) is 6.41 Å². The van der Waals surface area contributed by atoms with Gasteiger partial charge in [-0.25, -0.2) is 9.37 Å². The van der Waals surface area contributed by atoms with E-state index in [-0.39, 0.29) is 33.1 Å². The molecule has 4 rings (SSSR count). The van der Waals surface area contributed by atoms with Gasteiger partial charge in [-0.05, 0) is 47.5 Å². The minimum atomic E-state index is -0.564. The summed E-state index contributed by atoms with van der Waals surface area (Å²) in [6.45, 7) is 3.26. The van der Waals surface area contributed by atoms with E-state index in [4.69, 9.17) is 11.6 Å². The highest BCUT2D eigenvalue weighted by Crippen LogP contribution is 2.42. The number of amides is 1. The number of aromatic hydroxyl groups is 1. The number of hydrogen-bond donors (Lipinski definition) is 2. The van der Waals surface area contributed by atoms with Gasteiger partial charge >= 0.3 is 0 Å². The molecular formula is C27H26ClFN6O2. The fourth-order valence-corrected chi connectivity index (χ4v) is 4.48. The van der Waals surface area contributed by atoms with Crippen LogP contribution in [0.5, 0.6) is 5.75 Å². The number of phenols is 1. The Morgan fingerprint density at radius 3 is 2.49 bits per heavy atom. The molecule has 2 heterocycles. The first kappa shape index (κ1) is 25.9. The van der Waals surface area contributed by atoms with E-state index in [1.165, 1.54) is 35.4 Å². The molecule has 1 aliphatic rings. The Morgan fingerprint density at radius 2 is 1.84 bits per heavy atom. The van der Waals surface area contributed by atoms with Gasteiger partial charge < -0.3 is 20.2 Å². The van der Waals surface area contributed by atoms with Crippen molar-refractivity contribution in [2.45, 2.75) is 0 Å². The number of carbonyl (C=O) groups is 1. The maximum Gasteiger partial charge on any atom is 0.218 e. The van der Waals surface area contributed by atoms with Crippen molar-refractivity contribution in [2.75, 3.05) is 50.1 Å². The molecule has 8 nitrogen and oxygen atoms in total. The fourth-order valence-electron chi connectivity index (χ4n) is 4.16. The van der Waals surface area contributed by atoms with E-state index in [0.717, 1.165) is 32.0 Å². The number of pyridine rings is 1. The minimum Gasteiger partial charge on any atom is -0.507 e. The maximum absolute atomic E-state index is 14.8. The van der Waals surface area contributed by atoms with Crippen molar-refractivity contribution in [1.29, 1.82) is 5.26 Å². The lowest BCUT2D eigenvalue weighted by Gasteiger charge is -2.28. The molecule has 1 saturated heterocycles. The van der Waals surface area contributed by atoms with Crippen molar-refractivity contribution >= 4 is 29.5 Å². The summed E-state index contributed by atoms with van der Waals surface area (Å²) in [6, 6.07) is 11.0. The van der Waals surface area contributed by atoms with Crippen molar-refractivity contribution in [3.63, 3.8) is 0 Å². The maximum atomic E-state index is 14.8. The molecule has 2 N–H and O–H groups in total. The SMILES string of the molecule is CN(C)/C=C\N(C=O)c1c(Cl)cc(-c2cc(F)cc(-c3ccnc(N4CCNCC4)c3)c2O)cc1C#N. The van der Waals surface area contributed by atoms with Crippen molar-refractivity contribution in [1.82, 2.24) is 15.2 Å². The van der Waals surface area contributed by atoms with E-state index in [0.29, 0.717) is 17.5 Å². The van der Waals surface area contributed by atoms with Crippen LogP contribution in [0.1, 0.15) is 5.56 Å². The van der Waals surface area contributed by atoms with E-state index in [1.807, 2.05) is 12.1 Å². The topological polar surface area (TPSA) is 95.7 Å². The minimum absolute atomic E-state index is 0.0909. The van der Waals surface area contributed by atoms with Crippen LogP contribution in [0.4, 0.5) is 15.9 Å². The molecule has 0 spiro atoms. The van der Waals surface area contributed by atoms with Gasteiger partial charge in [0.05, 0.1) is 16.3 Å². The third kappa shape index (κ3) is 5.66. The Kier molecular flexibility index (Phi) is 7.92. The molecule has 1 aliphatic heterocycles. The number of aromatic nitrogens is 1. The molecule has 0 unspecified atom stereocenters. The highest BCUT2D eigenvalue weighted by atomic mass is 35.5. The lowest BCUT2D eigenvalue weighted by atomic mass is 9.95. The Labute approximate surface area is 219 Å². The van der Waals surface area contributed by atoms with Gasteiger partial charge in [0.25, 0.3) is 0 Å². The van der Waals surface area contributed by atoms with Crippen LogP contribution < -0.4 is 15.1 Å². The van der Waals surface area contributed by atoms with Crippen LogP contribution in [0.2, 0.25) is 5.02 Å². The summed E-state index contributed by atoms with van der Waals surface area (Å²) in [6.07, 6.45) is 5.28. The molecular weight excluding hydrogens is 495 g/mol. The van der Waals surface area contributed by atoms with E-state index >= 15 is 0 Å². The van der Waals surface area contributed by atoms with Gasteiger partial charge in [-0.2, -0.15) is 5.26 Å². The number of nitrogens with zero attached hydrogens (tertiary/aromatic N) is 5. The van der Waals surface area contributed by atoms with Crippen molar-refractivity contribution in [3.8, 4) is 34.1 Å². The second-order valence-electron chi connectivity index (χ2n) is 8.73. The van der Waals surface area contributed by atoms with Crippen LogP contribution >= 0.6 is 11.6 Å². The quantitative estimate of drug-likeness (QED) is 0.451. The summed E-state index contributed by atoms with van der Waals surface area (Å²) in [5.74, 6) is 0.0138. The zero-order valence-electron chi connectivity index (χ0n) is 20.4. The van der Waals surface area contributed by atoms with Gasteiger partial charge in [0, 0.05) is 70.0 Å². The predicted octanol–water partition coefficient (Wildman–Crippen LogP) is 4.19. The third-order valence-corrected chi connectivity index (χ3v) is 6.25. The highest BCUT2D eigenvalue weighted by Gasteiger charge is 2.20. The van der Waals surface area contributed by atoms with E-state index in [2.05, 4.69) is 15.2 Å². The zero-order chi connectivity index (χ0) is 26.5. The Bertz CT molecular complexity index is 1380. The van der Waals surface area contributed by atoms with Gasteiger partial charge in [-0.1, -0.05) is 11.6 Å². The van der Waals surface area contributed by atoms with E-state index in [9.17, 15) is 19.6 Å². The lowest BCUT2D eigenvalue weighted by Crippen LogP contribution is -2.43. The Balaban J connectivity index is 1.79. The normalized spacial score (nSPS) is 13.4. The molecule has 3 aromatic rings. The molecule has 0 saturated carbocycles. The van der Waals surface area contributed by atoms with Crippen LogP contribution in [0.25, 0.3) is 22.3 Å². The zero-order valence-corrected chi connectivity index (χ0v) is 21.2. The number of nitrogens with one attached hydrogen (secondary N) is 1. The molecule has 37 heavy (non-hydrogen) atoms. The van der Waals surface area contributed by atoms with Crippen molar-refractivity contribution < 1.29 is 14.3 Å². The van der Waals surface area contributed by atoms with Gasteiger partial charge in [-0.15, -0.1) is 0 Å². The Morgan fingerprint density at radius 1 is 1.14 bits per heavy atom. The number of nitriles is 1. The van der Waals surface area contributed by atoms with Gasteiger partial charge in [-0.3, -0.25) is 9.69 Å². The molecule has 190 valence electrons. The number of carbonyl (C=O) groups excluding carboxylic acids is 1. The molecule has 2 aromatic carbocycles. The monoisotopic (exact) mass is 520 g/mol. The predicted molar refractivity (Wildman–Crippen MR) is 143 cm³/mol. The number of phenolic OH excluding ortho intramolecular Hbond substituents is 1. The Hall–Kier alpha value is -4.13. The summed E-state index contributed by atoms with van der Waals surface area (Å²) >= 11 is 6.51. The van der Waals surface area contributed by atoms with E-state index in [1.54, 1.807) is 37.5 Å². The standard InChI is InChI=1S/C27H26ClFN6O2/c1-33(2)9-10-35(17-36)26-20(16-30)11-19(12-24(26)28)23-15-21(29)14-22(27(23)37)18-3-4-32-25(13-18)34-7-5-31-6-8-34/h3-4,9-15,17,31,37H,5-8H2,1-2H3/b10-9-. The fraction of sp³-hybridized carbons (Fsp3) is 0.222. The third-order valence-electron chi connectivity index (χ3n) is 5.96. The first-order chi connectivity index (χ1) is 17.8. The average Bonchev–Trinajstić information content (AvgIpc) is 2.91. The van der Waals surface area contributed by atoms with Crippen LogP contribution in [-0.2, 0) is 4.79 Å². The van der Waals surface area contributed by atoms with Crippen molar-refractivity contribution in [2.24, 2.45) is 0 Å². The first-order valence-corrected chi connectivity index (χ1v) is 12.0. The van der Waals surface area contributed by atoms with Crippen LogP contribution in [0, 0.1) is 17.1 Å². The van der Waals surface area contributed by atoms with E-state index < -0.39 is 5.82 Å². The van der Waals surface area contributed by atoms with Crippen LogP contribution in [-0.4, -0.2) is 61.7 Å². The molecule has 10 heteroatoms. The average molecular weight is 521 g/mol.